The normalized spacial score (nSPS) is 16.8. The Balaban J connectivity index is 1.30. The standard InChI is InChI=1S/C53H74N16O14/c1-28(2)19-36(47(78)64-35(5-3-17-58-53(55)56)52(83)69-18-4-6-41(69)51(82)59-24-42(54)73)63-44(75)25-60-45(76)37(20-29-7-11-32(71)12-8-29)65-50(81)40(26-70)68-48(79)38(21-30-9-13-33(72)14-10-30)66-49(80)39(22-31-23-57-27-61-31)67-46(77)34-15-16-43(74)62-34/h7-14,23,27-28,34-41,70-72H,3-6,15-22,24-26H2,1-2H3,(H2,54,73)(H,57,61)(H,59,82)(H,60,76)(H,62,74)(H,63,75)(H,64,78)(H,65,81)(H,66,80)(H,67,77)(H,68,79)(H4,55,56,58)/t34-,35-,36-,37-,38-,39-,40-,41-/m0/s1. The highest BCUT2D eigenvalue weighted by Gasteiger charge is 2.39. The second kappa shape index (κ2) is 31.6. The average molecular weight is 1160 g/mol. The summed E-state index contributed by atoms with van der Waals surface area (Å²) in [6, 6.07) is 0.660. The first kappa shape index (κ1) is 64.5. The zero-order valence-electron chi connectivity index (χ0n) is 46.0. The molecule has 2 aromatic carbocycles. The third-order valence-corrected chi connectivity index (χ3v) is 13.4. The number of hydrogen-bond donors (Lipinski definition) is 16. The van der Waals surface area contributed by atoms with Gasteiger partial charge >= 0.3 is 0 Å². The number of carbonyl (C=O) groups is 11. The number of guanidine groups is 1. The molecule has 0 saturated carbocycles. The van der Waals surface area contributed by atoms with Crippen LogP contribution < -0.4 is 65.1 Å². The lowest BCUT2D eigenvalue weighted by Gasteiger charge is -2.30. The van der Waals surface area contributed by atoms with Crippen LogP contribution in [0.15, 0.2) is 66.0 Å². The van der Waals surface area contributed by atoms with E-state index in [4.69, 9.17) is 17.2 Å². The van der Waals surface area contributed by atoms with Gasteiger partial charge in [-0.2, -0.15) is 0 Å². The van der Waals surface area contributed by atoms with Crippen LogP contribution in [0.1, 0.15) is 75.6 Å². The number of nitrogens with one attached hydrogen (secondary N) is 10. The minimum absolute atomic E-state index is 0.0104. The minimum atomic E-state index is -1.78. The van der Waals surface area contributed by atoms with E-state index in [0.717, 1.165) is 0 Å². The molecule has 0 aliphatic carbocycles. The van der Waals surface area contributed by atoms with E-state index in [2.05, 4.69) is 62.8 Å². The summed E-state index contributed by atoms with van der Waals surface area (Å²) in [4.78, 5) is 160. The molecular weight excluding hydrogens is 1080 g/mol. The summed E-state index contributed by atoms with van der Waals surface area (Å²) >= 11 is 0. The highest BCUT2D eigenvalue weighted by Crippen LogP contribution is 2.21. The lowest BCUT2D eigenvalue weighted by Crippen LogP contribution is -2.60. The molecule has 0 radical (unpaired) electrons. The zero-order valence-corrected chi connectivity index (χ0v) is 46.0. The summed E-state index contributed by atoms with van der Waals surface area (Å²) in [6.45, 7) is 1.56. The first-order valence-corrected chi connectivity index (χ1v) is 26.9. The lowest BCUT2D eigenvalue weighted by molar-refractivity contribution is -0.142. The van der Waals surface area contributed by atoms with E-state index in [-0.39, 0.29) is 100 Å². The van der Waals surface area contributed by atoms with Gasteiger partial charge in [0.25, 0.3) is 0 Å². The number of rotatable bonds is 31. The average Bonchev–Trinajstić information content (AvgIpc) is 4.29. The highest BCUT2D eigenvalue weighted by atomic mass is 16.3. The Labute approximate surface area is 477 Å². The summed E-state index contributed by atoms with van der Waals surface area (Å²) in [5, 5.41) is 53.3. The van der Waals surface area contributed by atoms with Gasteiger partial charge in [0.1, 0.15) is 59.8 Å². The van der Waals surface area contributed by atoms with Crippen LogP contribution in [0.5, 0.6) is 11.5 Å². The summed E-state index contributed by atoms with van der Waals surface area (Å²) in [6.07, 6.45) is 3.40. The first-order chi connectivity index (χ1) is 39.5. The number of likely N-dealkylation sites (tertiary alicyclic amines) is 1. The van der Waals surface area contributed by atoms with Gasteiger partial charge in [-0.25, -0.2) is 4.98 Å². The number of aromatic hydroxyl groups is 2. The summed E-state index contributed by atoms with van der Waals surface area (Å²) < 4.78 is 0. The number of nitrogens with two attached hydrogens (primary N) is 3. The largest absolute Gasteiger partial charge is 0.508 e. The third kappa shape index (κ3) is 20.9. The van der Waals surface area contributed by atoms with E-state index in [0.29, 0.717) is 23.2 Å². The molecule has 2 saturated heterocycles. The van der Waals surface area contributed by atoms with E-state index in [1.165, 1.54) is 66.0 Å². The fourth-order valence-electron chi connectivity index (χ4n) is 9.14. The number of primary amides is 1. The number of phenols is 2. The van der Waals surface area contributed by atoms with Gasteiger partial charge in [0.15, 0.2) is 5.96 Å². The number of aliphatic hydroxyl groups is 1. The van der Waals surface area contributed by atoms with Crippen molar-refractivity contribution < 1.29 is 68.1 Å². The third-order valence-electron chi connectivity index (χ3n) is 13.4. The Morgan fingerprint density at radius 3 is 1.80 bits per heavy atom. The van der Waals surface area contributed by atoms with E-state index in [9.17, 15) is 68.1 Å². The SMILES string of the molecule is CC(C)C[C@H](NC(=O)CNC(=O)[C@H](Cc1ccc(O)cc1)NC(=O)[C@H](CO)NC(=O)[C@H](Cc1ccc(O)cc1)NC(=O)[C@H](Cc1cnc[nH]1)NC(=O)[C@@H]1CCC(=O)N1)C(=O)N[C@@H](CCCN=C(N)N)C(=O)N1CCC[C@H]1C(=O)NCC(N)=O. The molecule has 2 aliphatic heterocycles. The van der Waals surface area contributed by atoms with Gasteiger partial charge in [-0.05, 0) is 79.8 Å². The topological polar surface area (TPSA) is 479 Å². The summed E-state index contributed by atoms with van der Waals surface area (Å²) in [5.41, 5.74) is 17.4. The molecule has 11 amide bonds. The Morgan fingerprint density at radius 1 is 0.687 bits per heavy atom. The fourth-order valence-corrected chi connectivity index (χ4v) is 9.14. The zero-order chi connectivity index (χ0) is 60.8. The monoisotopic (exact) mass is 1160 g/mol. The number of hydrogen-bond acceptors (Lipinski definition) is 16. The predicted molar refractivity (Wildman–Crippen MR) is 295 cm³/mol. The van der Waals surface area contributed by atoms with E-state index < -0.39 is 127 Å². The van der Waals surface area contributed by atoms with Crippen LogP contribution in [0.4, 0.5) is 0 Å². The van der Waals surface area contributed by atoms with E-state index in [1.54, 1.807) is 13.8 Å². The minimum Gasteiger partial charge on any atom is -0.508 e. The number of carbonyl (C=O) groups excluding carboxylic acids is 11. The highest BCUT2D eigenvalue weighted by molar-refractivity contribution is 5.99. The summed E-state index contributed by atoms with van der Waals surface area (Å²) in [7, 11) is 0. The molecule has 0 bridgehead atoms. The molecule has 2 aliphatic rings. The Morgan fingerprint density at radius 2 is 1.25 bits per heavy atom. The number of aliphatic hydroxyl groups excluding tert-OH is 1. The van der Waals surface area contributed by atoms with Crippen LogP contribution in [-0.2, 0) is 72.0 Å². The number of aromatic amines is 1. The maximum Gasteiger partial charge on any atom is 0.245 e. The molecule has 83 heavy (non-hydrogen) atoms. The molecule has 19 N–H and O–H groups in total. The maximum atomic E-state index is 14.2. The molecule has 1 aromatic heterocycles. The summed E-state index contributed by atoms with van der Waals surface area (Å²) in [5.74, 6) is -9.18. The van der Waals surface area contributed by atoms with Crippen LogP contribution in [-0.4, -0.2) is 182 Å². The lowest BCUT2D eigenvalue weighted by atomic mass is 10.0. The molecule has 3 aromatic rings. The Hall–Kier alpha value is -9.35. The molecule has 0 spiro atoms. The van der Waals surface area contributed by atoms with Crippen LogP contribution in [0, 0.1) is 5.92 Å². The molecule has 3 heterocycles. The van der Waals surface area contributed by atoms with Crippen LogP contribution in [0.3, 0.4) is 0 Å². The van der Waals surface area contributed by atoms with Gasteiger partial charge in [-0.3, -0.25) is 57.7 Å². The van der Waals surface area contributed by atoms with Crippen molar-refractivity contribution in [3.05, 3.63) is 77.9 Å². The smallest absolute Gasteiger partial charge is 0.245 e. The number of amides is 11. The van der Waals surface area contributed by atoms with Crippen molar-refractivity contribution in [3.8, 4) is 11.5 Å². The fraction of sp³-hybridized carbons (Fsp3) is 0.491. The van der Waals surface area contributed by atoms with Gasteiger partial charge in [-0.15, -0.1) is 0 Å². The van der Waals surface area contributed by atoms with E-state index >= 15 is 0 Å². The van der Waals surface area contributed by atoms with Crippen molar-refractivity contribution in [2.24, 2.45) is 28.1 Å². The maximum absolute atomic E-state index is 14.2. The second-order valence-corrected chi connectivity index (χ2v) is 20.5. The number of phenolic OH excluding ortho intramolecular Hbond substituents is 2. The number of imidazole rings is 1. The molecule has 450 valence electrons. The van der Waals surface area contributed by atoms with Crippen LogP contribution in [0.2, 0.25) is 0 Å². The molecule has 30 heteroatoms. The number of benzene rings is 2. The second-order valence-electron chi connectivity index (χ2n) is 20.5. The van der Waals surface area contributed by atoms with Gasteiger partial charge in [0, 0.05) is 50.7 Å². The quantitative estimate of drug-likeness (QED) is 0.0163. The number of aliphatic imine (C=N–C) groups is 1. The van der Waals surface area contributed by atoms with Crippen LogP contribution >= 0.6 is 0 Å². The number of H-pyrrole nitrogens is 1. The van der Waals surface area contributed by atoms with Gasteiger partial charge < -0.3 is 90.3 Å². The Kier molecular flexibility index (Phi) is 24.5. The first-order valence-electron chi connectivity index (χ1n) is 26.9. The van der Waals surface area contributed by atoms with Gasteiger partial charge in [-0.1, -0.05) is 38.1 Å². The Bertz CT molecular complexity index is 2790. The van der Waals surface area contributed by atoms with Crippen molar-refractivity contribution in [3.63, 3.8) is 0 Å². The van der Waals surface area contributed by atoms with E-state index in [1.807, 2.05) is 0 Å². The predicted octanol–water partition coefficient (Wildman–Crippen LogP) is -5.16. The molecule has 2 fully saturated rings. The molecule has 5 rings (SSSR count). The van der Waals surface area contributed by atoms with Crippen LogP contribution in [0.25, 0.3) is 0 Å². The van der Waals surface area contributed by atoms with Crippen molar-refractivity contribution >= 4 is 70.9 Å². The molecule has 8 atom stereocenters. The number of aromatic nitrogens is 2. The van der Waals surface area contributed by atoms with Crippen molar-refractivity contribution in [2.75, 3.05) is 32.8 Å². The number of nitrogens with zero attached hydrogens (tertiary/aromatic N) is 3. The molecule has 0 unspecified atom stereocenters. The van der Waals surface area contributed by atoms with Crippen molar-refractivity contribution in [1.29, 1.82) is 0 Å². The van der Waals surface area contributed by atoms with Crippen molar-refractivity contribution in [2.45, 2.75) is 126 Å². The van der Waals surface area contributed by atoms with Gasteiger partial charge in [0.2, 0.25) is 65.0 Å². The molecular formula is C53H74N16O14. The molecule has 30 nitrogen and oxygen atoms in total. The van der Waals surface area contributed by atoms with Gasteiger partial charge in [0.05, 0.1) is 26.0 Å². The van der Waals surface area contributed by atoms with Crippen molar-refractivity contribution in [1.82, 2.24) is 62.7 Å².